The van der Waals surface area contributed by atoms with Crippen LogP contribution >= 0.6 is 0 Å². The quantitative estimate of drug-likeness (QED) is 0.733. The van der Waals surface area contributed by atoms with Crippen molar-refractivity contribution in [3.05, 3.63) is 23.8 Å². The van der Waals surface area contributed by atoms with Crippen LogP contribution in [0.15, 0.2) is 18.2 Å². The zero-order valence-electron chi connectivity index (χ0n) is 15.2. The molecule has 5 nitrogen and oxygen atoms in total. The summed E-state index contributed by atoms with van der Waals surface area (Å²) in [7, 11) is 0. The fourth-order valence-electron chi connectivity index (χ4n) is 2.75. The van der Waals surface area contributed by atoms with Gasteiger partial charge in [0, 0.05) is 31.7 Å². The molecular formula is C19H30N2O3. The number of ether oxygens (including phenoxy) is 2. The normalized spacial score (nSPS) is 15.4. The Kier molecular flexibility index (Phi) is 7.37. The van der Waals surface area contributed by atoms with E-state index < -0.39 is 0 Å². The fourth-order valence-corrected chi connectivity index (χ4v) is 2.75. The van der Waals surface area contributed by atoms with Crippen molar-refractivity contribution < 1.29 is 14.3 Å². The van der Waals surface area contributed by atoms with Crippen LogP contribution in [0.3, 0.4) is 0 Å². The maximum atomic E-state index is 12.8. The number of benzene rings is 1. The molecule has 24 heavy (non-hydrogen) atoms. The lowest BCUT2D eigenvalue weighted by molar-refractivity contribution is 0.0643. The molecule has 0 unspecified atom stereocenters. The number of amides is 1. The van der Waals surface area contributed by atoms with E-state index in [9.17, 15) is 4.79 Å². The van der Waals surface area contributed by atoms with Crippen LogP contribution in [0, 0.1) is 0 Å². The Labute approximate surface area is 145 Å². The smallest absolute Gasteiger partial charge is 0.254 e. The van der Waals surface area contributed by atoms with Crippen molar-refractivity contribution in [2.75, 3.05) is 45.9 Å². The number of piperazine rings is 1. The largest absolute Gasteiger partial charge is 0.490 e. The summed E-state index contributed by atoms with van der Waals surface area (Å²) in [5, 5.41) is 0. The second-order valence-electron chi connectivity index (χ2n) is 6.08. The van der Waals surface area contributed by atoms with Gasteiger partial charge in [0.25, 0.3) is 5.91 Å². The molecule has 0 bridgehead atoms. The minimum atomic E-state index is 0.0779. The molecule has 0 spiro atoms. The van der Waals surface area contributed by atoms with Gasteiger partial charge in [-0.25, -0.2) is 0 Å². The van der Waals surface area contributed by atoms with Crippen molar-refractivity contribution >= 4 is 5.91 Å². The number of carbonyl (C=O) groups excluding carboxylic acids is 1. The Bertz CT molecular complexity index is 525. The van der Waals surface area contributed by atoms with Crippen LogP contribution in [0.5, 0.6) is 11.5 Å². The lowest BCUT2D eigenvalue weighted by atomic mass is 10.1. The van der Waals surface area contributed by atoms with Crippen LogP contribution < -0.4 is 9.47 Å². The van der Waals surface area contributed by atoms with Gasteiger partial charge in [0.1, 0.15) is 0 Å². The molecular weight excluding hydrogens is 304 g/mol. The molecule has 1 fully saturated rings. The van der Waals surface area contributed by atoms with Gasteiger partial charge >= 0.3 is 0 Å². The van der Waals surface area contributed by atoms with Gasteiger partial charge in [-0.1, -0.05) is 20.8 Å². The fraction of sp³-hybridized carbons (Fsp3) is 0.632. The third kappa shape index (κ3) is 4.87. The second kappa shape index (κ2) is 9.52. The van der Waals surface area contributed by atoms with Crippen LogP contribution in [0.4, 0.5) is 0 Å². The Hall–Kier alpha value is -1.75. The Balaban J connectivity index is 2.09. The zero-order valence-corrected chi connectivity index (χ0v) is 15.2. The highest BCUT2D eigenvalue weighted by Crippen LogP contribution is 2.29. The first kappa shape index (κ1) is 18.6. The van der Waals surface area contributed by atoms with Crippen LogP contribution in [-0.4, -0.2) is 61.6 Å². The molecule has 1 aromatic rings. The summed E-state index contributed by atoms with van der Waals surface area (Å²) in [5.74, 6) is 1.47. The predicted molar refractivity (Wildman–Crippen MR) is 96.0 cm³/mol. The predicted octanol–water partition coefficient (Wildman–Crippen LogP) is 3.04. The Morgan fingerprint density at radius 3 is 2.17 bits per heavy atom. The second-order valence-corrected chi connectivity index (χ2v) is 6.08. The van der Waals surface area contributed by atoms with E-state index in [1.54, 1.807) is 0 Å². The van der Waals surface area contributed by atoms with E-state index in [1.165, 1.54) is 0 Å². The molecule has 1 saturated heterocycles. The molecule has 0 aromatic heterocycles. The van der Waals surface area contributed by atoms with Gasteiger partial charge in [-0.05, 0) is 37.6 Å². The van der Waals surface area contributed by atoms with Crippen LogP contribution in [0.25, 0.3) is 0 Å². The van der Waals surface area contributed by atoms with E-state index in [0.717, 1.165) is 51.3 Å². The van der Waals surface area contributed by atoms with Crippen LogP contribution in [-0.2, 0) is 0 Å². The van der Waals surface area contributed by atoms with E-state index >= 15 is 0 Å². The molecule has 5 heteroatoms. The molecule has 0 radical (unpaired) electrons. The molecule has 2 rings (SSSR count). The van der Waals surface area contributed by atoms with Gasteiger partial charge in [0.2, 0.25) is 0 Å². The number of carbonyl (C=O) groups is 1. The van der Waals surface area contributed by atoms with E-state index in [-0.39, 0.29) is 5.91 Å². The lowest BCUT2D eigenvalue weighted by Gasteiger charge is -2.34. The van der Waals surface area contributed by atoms with Crippen molar-refractivity contribution in [3.63, 3.8) is 0 Å². The summed E-state index contributed by atoms with van der Waals surface area (Å²) in [6, 6.07) is 5.53. The Morgan fingerprint density at radius 1 is 0.958 bits per heavy atom. The van der Waals surface area contributed by atoms with Crippen molar-refractivity contribution in [1.29, 1.82) is 0 Å². The highest BCUT2D eigenvalue weighted by molar-refractivity contribution is 5.95. The summed E-state index contributed by atoms with van der Waals surface area (Å²) >= 11 is 0. The monoisotopic (exact) mass is 334 g/mol. The van der Waals surface area contributed by atoms with Gasteiger partial charge in [-0.2, -0.15) is 0 Å². The third-order valence-corrected chi connectivity index (χ3v) is 4.22. The number of nitrogens with zero attached hydrogens (tertiary/aromatic N) is 2. The van der Waals surface area contributed by atoms with Crippen LogP contribution in [0.1, 0.15) is 44.0 Å². The van der Waals surface area contributed by atoms with Gasteiger partial charge < -0.3 is 19.3 Å². The van der Waals surface area contributed by atoms with Crippen LogP contribution in [0.2, 0.25) is 0 Å². The van der Waals surface area contributed by atoms with E-state index in [4.69, 9.17) is 9.47 Å². The maximum Gasteiger partial charge on any atom is 0.254 e. The van der Waals surface area contributed by atoms with Gasteiger partial charge in [0.15, 0.2) is 11.5 Å². The first-order valence-corrected chi connectivity index (χ1v) is 9.10. The number of hydrogen-bond acceptors (Lipinski definition) is 4. The first-order valence-electron chi connectivity index (χ1n) is 9.10. The molecule has 0 atom stereocenters. The summed E-state index contributed by atoms with van der Waals surface area (Å²) in [6.07, 6.45) is 1.86. The minimum Gasteiger partial charge on any atom is -0.490 e. The van der Waals surface area contributed by atoms with Crippen molar-refractivity contribution in [3.8, 4) is 11.5 Å². The molecule has 134 valence electrons. The van der Waals surface area contributed by atoms with E-state index in [2.05, 4.69) is 25.7 Å². The summed E-state index contributed by atoms with van der Waals surface area (Å²) < 4.78 is 11.5. The highest BCUT2D eigenvalue weighted by Gasteiger charge is 2.22. The molecule has 1 amide bonds. The summed E-state index contributed by atoms with van der Waals surface area (Å²) in [4.78, 5) is 17.0. The average Bonchev–Trinajstić information content (AvgIpc) is 2.64. The summed E-state index contributed by atoms with van der Waals surface area (Å²) in [6.45, 7) is 12.1. The third-order valence-electron chi connectivity index (χ3n) is 4.22. The zero-order chi connectivity index (χ0) is 17.4. The molecule has 0 saturated carbocycles. The van der Waals surface area contributed by atoms with Gasteiger partial charge in [0.05, 0.1) is 13.2 Å². The topological polar surface area (TPSA) is 42.0 Å². The highest BCUT2D eigenvalue weighted by atomic mass is 16.5. The average molecular weight is 334 g/mol. The number of hydrogen-bond donors (Lipinski definition) is 0. The first-order chi connectivity index (χ1) is 11.7. The lowest BCUT2D eigenvalue weighted by Crippen LogP contribution is -2.48. The molecule has 1 aromatic carbocycles. The number of rotatable bonds is 8. The minimum absolute atomic E-state index is 0.0779. The van der Waals surface area contributed by atoms with E-state index in [0.29, 0.717) is 24.5 Å². The van der Waals surface area contributed by atoms with Crippen molar-refractivity contribution in [1.82, 2.24) is 9.80 Å². The molecule has 1 heterocycles. The van der Waals surface area contributed by atoms with Crippen molar-refractivity contribution in [2.24, 2.45) is 0 Å². The van der Waals surface area contributed by atoms with E-state index in [1.807, 2.05) is 23.1 Å². The molecule has 1 aliphatic rings. The molecule has 0 aliphatic carbocycles. The SMILES string of the molecule is CCCOc1ccc(C(=O)N2CCN(CC)CC2)cc1OCCC. The molecule has 1 aliphatic heterocycles. The molecule has 0 N–H and O–H groups in total. The summed E-state index contributed by atoms with van der Waals surface area (Å²) in [5.41, 5.74) is 0.676. The maximum absolute atomic E-state index is 12.8. The van der Waals surface area contributed by atoms with Crippen molar-refractivity contribution in [2.45, 2.75) is 33.6 Å². The Morgan fingerprint density at radius 2 is 1.58 bits per heavy atom. The number of likely N-dealkylation sites (N-methyl/N-ethyl adjacent to an activating group) is 1. The van der Waals surface area contributed by atoms with Gasteiger partial charge in [-0.3, -0.25) is 4.79 Å². The standard InChI is InChI=1S/C19H30N2O3/c1-4-13-23-17-8-7-16(15-18(17)24-14-5-2)19(22)21-11-9-20(6-3)10-12-21/h7-8,15H,4-6,9-14H2,1-3H3. The van der Waals surface area contributed by atoms with Gasteiger partial charge in [-0.15, -0.1) is 0 Å².